The predicted molar refractivity (Wildman–Crippen MR) is 80.7 cm³/mol. The van der Waals surface area contributed by atoms with E-state index in [-0.39, 0.29) is 11.7 Å². The van der Waals surface area contributed by atoms with Crippen molar-refractivity contribution >= 4 is 11.7 Å². The van der Waals surface area contributed by atoms with Gasteiger partial charge in [-0.25, -0.2) is 9.78 Å². The van der Waals surface area contributed by atoms with Crippen molar-refractivity contribution < 1.29 is 14.6 Å². The standard InChI is InChI=1S/C16H18N2O3/c1-11(2)21-15-7-6-14(10-18-15)17-9-12-4-3-5-13(8-12)16(19)20/h3-8,10-11,17H,9H2,1-2H3,(H,19,20). The van der Waals surface area contributed by atoms with Crippen LogP contribution in [0, 0.1) is 0 Å². The maximum Gasteiger partial charge on any atom is 0.335 e. The highest BCUT2D eigenvalue weighted by Gasteiger charge is 2.03. The van der Waals surface area contributed by atoms with Crippen LogP contribution in [0.25, 0.3) is 0 Å². The van der Waals surface area contributed by atoms with Gasteiger partial charge in [-0.15, -0.1) is 0 Å². The Kier molecular flexibility index (Phi) is 4.77. The van der Waals surface area contributed by atoms with Crippen molar-refractivity contribution in [2.24, 2.45) is 0 Å². The number of hydrogen-bond acceptors (Lipinski definition) is 4. The summed E-state index contributed by atoms with van der Waals surface area (Å²) in [5.41, 5.74) is 2.04. The van der Waals surface area contributed by atoms with Crippen LogP contribution in [0.2, 0.25) is 0 Å². The molecule has 0 amide bonds. The second-order valence-corrected chi connectivity index (χ2v) is 4.91. The first-order chi connectivity index (χ1) is 10.0. The number of hydrogen-bond donors (Lipinski definition) is 2. The van der Waals surface area contributed by atoms with Gasteiger partial charge in [-0.05, 0) is 37.6 Å². The summed E-state index contributed by atoms with van der Waals surface area (Å²) in [4.78, 5) is 15.1. The zero-order chi connectivity index (χ0) is 15.2. The third-order valence-electron chi connectivity index (χ3n) is 2.76. The van der Waals surface area contributed by atoms with E-state index >= 15 is 0 Å². The highest BCUT2D eigenvalue weighted by atomic mass is 16.5. The SMILES string of the molecule is CC(C)Oc1ccc(NCc2cccc(C(=O)O)c2)cn1. The number of aromatic carboxylic acids is 1. The van der Waals surface area contributed by atoms with E-state index in [1.54, 1.807) is 30.5 Å². The lowest BCUT2D eigenvalue weighted by atomic mass is 10.1. The van der Waals surface area contributed by atoms with Crippen LogP contribution in [0.4, 0.5) is 5.69 Å². The number of nitrogens with one attached hydrogen (secondary N) is 1. The van der Waals surface area contributed by atoms with Gasteiger partial charge in [-0.1, -0.05) is 12.1 Å². The molecule has 1 heterocycles. The van der Waals surface area contributed by atoms with Gasteiger partial charge >= 0.3 is 5.97 Å². The fourth-order valence-electron chi connectivity index (χ4n) is 1.81. The molecule has 0 saturated carbocycles. The normalized spacial score (nSPS) is 10.4. The highest BCUT2D eigenvalue weighted by molar-refractivity contribution is 5.87. The van der Waals surface area contributed by atoms with Gasteiger partial charge < -0.3 is 15.2 Å². The van der Waals surface area contributed by atoms with E-state index in [4.69, 9.17) is 9.84 Å². The molecular weight excluding hydrogens is 268 g/mol. The summed E-state index contributed by atoms with van der Waals surface area (Å²) < 4.78 is 5.47. The van der Waals surface area contributed by atoms with E-state index in [0.717, 1.165) is 11.3 Å². The van der Waals surface area contributed by atoms with Crippen LogP contribution in [0.15, 0.2) is 42.6 Å². The Hall–Kier alpha value is -2.56. The van der Waals surface area contributed by atoms with Crippen LogP contribution in [0.3, 0.4) is 0 Å². The Morgan fingerprint density at radius 2 is 2.14 bits per heavy atom. The molecule has 0 aliphatic rings. The van der Waals surface area contributed by atoms with Crippen LogP contribution in [0.1, 0.15) is 29.8 Å². The molecule has 0 radical (unpaired) electrons. The molecule has 5 nitrogen and oxygen atoms in total. The molecular formula is C16H18N2O3. The van der Waals surface area contributed by atoms with Gasteiger partial charge in [0, 0.05) is 12.6 Å². The summed E-state index contributed by atoms with van der Waals surface area (Å²) in [5.74, 6) is -0.336. The average Bonchev–Trinajstić information content (AvgIpc) is 2.46. The fourth-order valence-corrected chi connectivity index (χ4v) is 1.81. The van der Waals surface area contributed by atoms with Gasteiger partial charge in [0.05, 0.1) is 23.6 Å². The van der Waals surface area contributed by atoms with E-state index in [1.807, 2.05) is 26.0 Å². The minimum atomic E-state index is -0.922. The molecule has 0 atom stereocenters. The number of carboxylic acid groups (broad SMARTS) is 1. The zero-order valence-corrected chi connectivity index (χ0v) is 12.0. The zero-order valence-electron chi connectivity index (χ0n) is 12.0. The van der Waals surface area contributed by atoms with Gasteiger partial charge in [-0.2, -0.15) is 0 Å². The Labute approximate surface area is 123 Å². The minimum absolute atomic E-state index is 0.0927. The van der Waals surface area contributed by atoms with Crippen LogP contribution in [0.5, 0.6) is 5.88 Å². The molecule has 2 aromatic rings. The molecule has 0 saturated heterocycles. The summed E-state index contributed by atoms with van der Waals surface area (Å²) in [6.07, 6.45) is 1.79. The molecule has 2 rings (SSSR count). The van der Waals surface area contributed by atoms with Crippen molar-refractivity contribution in [3.05, 3.63) is 53.7 Å². The Bertz CT molecular complexity index is 609. The van der Waals surface area contributed by atoms with Crippen molar-refractivity contribution in [2.45, 2.75) is 26.5 Å². The Balaban J connectivity index is 1.96. The van der Waals surface area contributed by atoms with E-state index in [9.17, 15) is 4.79 Å². The highest BCUT2D eigenvalue weighted by Crippen LogP contribution is 2.14. The topological polar surface area (TPSA) is 71.5 Å². The minimum Gasteiger partial charge on any atom is -0.478 e. The first kappa shape index (κ1) is 14.8. The summed E-state index contributed by atoms with van der Waals surface area (Å²) in [6, 6.07) is 10.5. The molecule has 0 unspecified atom stereocenters. The summed E-state index contributed by atoms with van der Waals surface area (Å²) >= 11 is 0. The van der Waals surface area contributed by atoms with E-state index in [0.29, 0.717) is 12.4 Å². The molecule has 0 aliphatic carbocycles. The number of aromatic nitrogens is 1. The first-order valence-electron chi connectivity index (χ1n) is 6.73. The molecule has 0 bridgehead atoms. The molecule has 1 aromatic carbocycles. The third-order valence-corrected chi connectivity index (χ3v) is 2.76. The number of pyridine rings is 1. The molecule has 21 heavy (non-hydrogen) atoms. The van der Waals surface area contributed by atoms with Gasteiger partial charge in [0.15, 0.2) is 0 Å². The quantitative estimate of drug-likeness (QED) is 0.853. The summed E-state index contributed by atoms with van der Waals surface area (Å²) in [6.45, 7) is 4.43. The van der Waals surface area contributed by atoms with Gasteiger partial charge in [0.2, 0.25) is 5.88 Å². The number of rotatable bonds is 6. The van der Waals surface area contributed by atoms with Crippen LogP contribution in [-0.4, -0.2) is 22.2 Å². The maximum absolute atomic E-state index is 10.9. The number of nitrogens with zero attached hydrogens (tertiary/aromatic N) is 1. The van der Waals surface area contributed by atoms with Crippen molar-refractivity contribution in [1.82, 2.24) is 4.98 Å². The monoisotopic (exact) mass is 286 g/mol. The van der Waals surface area contributed by atoms with Crippen molar-refractivity contribution in [2.75, 3.05) is 5.32 Å². The number of carboxylic acids is 1. The molecule has 0 aliphatic heterocycles. The Morgan fingerprint density at radius 1 is 1.33 bits per heavy atom. The van der Waals surface area contributed by atoms with Crippen LogP contribution in [-0.2, 0) is 6.54 Å². The predicted octanol–water partition coefficient (Wildman–Crippen LogP) is 3.18. The summed E-state index contributed by atoms with van der Waals surface area (Å²) in [7, 11) is 0. The van der Waals surface area contributed by atoms with Crippen molar-refractivity contribution in [3.63, 3.8) is 0 Å². The van der Waals surface area contributed by atoms with Gasteiger partial charge in [-0.3, -0.25) is 0 Å². The van der Waals surface area contributed by atoms with Gasteiger partial charge in [0.1, 0.15) is 0 Å². The number of anilines is 1. The van der Waals surface area contributed by atoms with E-state index < -0.39 is 5.97 Å². The molecule has 1 aromatic heterocycles. The van der Waals surface area contributed by atoms with Crippen LogP contribution >= 0.6 is 0 Å². The third kappa shape index (κ3) is 4.49. The van der Waals surface area contributed by atoms with E-state index in [1.165, 1.54) is 0 Å². The smallest absolute Gasteiger partial charge is 0.335 e. The first-order valence-corrected chi connectivity index (χ1v) is 6.73. The molecule has 110 valence electrons. The molecule has 0 spiro atoms. The molecule has 5 heteroatoms. The molecule has 0 fully saturated rings. The second-order valence-electron chi connectivity index (χ2n) is 4.91. The lowest BCUT2D eigenvalue weighted by molar-refractivity contribution is 0.0696. The van der Waals surface area contributed by atoms with Crippen molar-refractivity contribution in [1.29, 1.82) is 0 Å². The lowest BCUT2D eigenvalue weighted by Gasteiger charge is -2.10. The lowest BCUT2D eigenvalue weighted by Crippen LogP contribution is -2.07. The number of ether oxygens (including phenoxy) is 1. The average molecular weight is 286 g/mol. The van der Waals surface area contributed by atoms with Gasteiger partial charge in [0.25, 0.3) is 0 Å². The fraction of sp³-hybridized carbons (Fsp3) is 0.250. The summed E-state index contributed by atoms with van der Waals surface area (Å²) in [5, 5.41) is 12.1. The second kappa shape index (κ2) is 6.74. The Morgan fingerprint density at radius 3 is 2.76 bits per heavy atom. The van der Waals surface area contributed by atoms with Crippen molar-refractivity contribution in [3.8, 4) is 5.88 Å². The number of benzene rings is 1. The molecule has 2 N–H and O–H groups in total. The number of carbonyl (C=O) groups is 1. The van der Waals surface area contributed by atoms with E-state index in [2.05, 4.69) is 10.3 Å². The largest absolute Gasteiger partial charge is 0.478 e. The maximum atomic E-state index is 10.9. The van der Waals surface area contributed by atoms with Crippen LogP contribution < -0.4 is 10.1 Å².